The minimum Gasteiger partial charge on any atom is -0.392 e. The molecule has 0 aliphatic heterocycles. The lowest BCUT2D eigenvalue weighted by molar-refractivity contribution is 0.282. The van der Waals surface area contributed by atoms with E-state index in [1.54, 1.807) is 0 Å². The number of aliphatic hydroxyl groups excluding tert-OH is 1. The van der Waals surface area contributed by atoms with Crippen LogP contribution in [0.25, 0.3) is 0 Å². The Morgan fingerprint density at radius 3 is 2.46 bits per heavy atom. The van der Waals surface area contributed by atoms with Gasteiger partial charge in [0.1, 0.15) is 0 Å². The molecule has 2 heteroatoms. The largest absolute Gasteiger partial charge is 0.392 e. The average Bonchev–Trinajstić information content (AvgIpc) is 2.19. The highest BCUT2D eigenvalue weighted by atomic mass is 16.3. The summed E-state index contributed by atoms with van der Waals surface area (Å²) in [5, 5.41) is 8.79. The molecular formula is C11H13NO. The summed E-state index contributed by atoms with van der Waals surface area (Å²) in [5.74, 6) is 5.94. The van der Waals surface area contributed by atoms with Crippen LogP contribution in [-0.4, -0.2) is 11.7 Å². The number of hydrogen-bond acceptors (Lipinski definition) is 2. The number of nitrogens with two attached hydrogens (primary N) is 1. The Labute approximate surface area is 78.4 Å². The van der Waals surface area contributed by atoms with Gasteiger partial charge in [-0.3, -0.25) is 0 Å². The zero-order valence-electron chi connectivity index (χ0n) is 7.46. The molecule has 0 saturated carbocycles. The second-order valence-corrected chi connectivity index (χ2v) is 2.70. The van der Waals surface area contributed by atoms with Crippen molar-refractivity contribution in [1.29, 1.82) is 0 Å². The quantitative estimate of drug-likeness (QED) is 0.655. The zero-order valence-corrected chi connectivity index (χ0v) is 7.46. The standard InChI is InChI=1S/C11H13NO/c12-8-2-1-3-10-4-6-11(9-13)7-5-10/h4-7,13H,2,8-9,12H2. The maximum atomic E-state index is 8.79. The molecule has 13 heavy (non-hydrogen) atoms. The van der Waals surface area contributed by atoms with Crippen LogP contribution in [0.5, 0.6) is 0 Å². The molecular weight excluding hydrogens is 162 g/mol. The SMILES string of the molecule is NCCC#Cc1ccc(CO)cc1. The zero-order chi connectivity index (χ0) is 9.52. The van der Waals surface area contributed by atoms with Crippen LogP contribution in [0.3, 0.4) is 0 Å². The van der Waals surface area contributed by atoms with Gasteiger partial charge in [-0.05, 0) is 17.7 Å². The molecule has 0 unspecified atom stereocenters. The van der Waals surface area contributed by atoms with Gasteiger partial charge in [0.05, 0.1) is 6.61 Å². The van der Waals surface area contributed by atoms with Gasteiger partial charge in [-0.2, -0.15) is 0 Å². The van der Waals surface area contributed by atoms with E-state index in [1.165, 1.54) is 0 Å². The first-order valence-corrected chi connectivity index (χ1v) is 4.25. The van der Waals surface area contributed by atoms with E-state index in [2.05, 4.69) is 11.8 Å². The lowest BCUT2D eigenvalue weighted by Gasteiger charge is -1.94. The van der Waals surface area contributed by atoms with Crippen LogP contribution in [0.4, 0.5) is 0 Å². The fourth-order valence-corrected chi connectivity index (χ4v) is 0.930. The normalized spacial score (nSPS) is 9.08. The Balaban J connectivity index is 2.65. The highest BCUT2D eigenvalue weighted by molar-refractivity contribution is 5.35. The molecule has 0 heterocycles. The minimum absolute atomic E-state index is 0.0799. The minimum atomic E-state index is 0.0799. The molecule has 1 rings (SSSR count). The highest BCUT2D eigenvalue weighted by Crippen LogP contribution is 2.02. The van der Waals surface area contributed by atoms with E-state index in [0.717, 1.165) is 17.5 Å². The Morgan fingerprint density at radius 1 is 1.23 bits per heavy atom. The molecule has 0 atom stereocenters. The van der Waals surface area contributed by atoms with Crippen LogP contribution in [-0.2, 0) is 6.61 Å². The third-order valence-corrected chi connectivity index (χ3v) is 1.64. The smallest absolute Gasteiger partial charge is 0.0681 e. The Hall–Kier alpha value is -1.30. The molecule has 68 valence electrons. The van der Waals surface area contributed by atoms with Crippen molar-refractivity contribution in [3.63, 3.8) is 0 Å². The van der Waals surface area contributed by atoms with Crippen molar-refractivity contribution in [2.24, 2.45) is 5.73 Å². The Morgan fingerprint density at radius 2 is 1.92 bits per heavy atom. The first kappa shape index (κ1) is 9.79. The van der Waals surface area contributed by atoms with Crippen LogP contribution in [0.15, 0.2) is 24.3 Å². The molecule has 0 spiro atoms. The molecule has 0 aliphatic rings. The molecule has 0 aromatic heterocycles. The van der Waals surface area contributed by atoms with Gasteiger partial charge in [0.25, 0.3) is 0 Å². The lowest BCUT2D eigenvalue weighted by atomic mass is 10.1. The van der Waals surface area contributed by atoms with Crippen LogP contribution >= 0.6 is 0 Å². The van der Waals surface area contributed by atoms with Gasteiger partial charge in [-0.1, -0.05) is 24.0 Å². The van der Waals surface area contributed by atoms with Crippen molar-refractivity contribution in [2.75, 3.05) is 6.54 Å². The van der Waals surface area contributed by atoms with Gasteiger partial charge in [0.2, 0.25) is 0 Å². The van der Waals surface area contributed by atoms with Crippen molar-refractivity contribution in [3.8, 4) is 11.8 Å². The number of benzene rings is 1. The predicted octanol–water partition coefficient (Wildman–Crippen LogP) is 0.879. The predicted molar refractivity (Wildman–Crippen MR) is 52.9 cm³/mol. The van der Waals surface area contributed by atoms with Crippen molar-refractivity contribution >= 4 is 0 Å². The third kappa shape index (κ3) is 3.29. The first-order chi connectivity index (χ1) is 6.36. The van der Waals surface area contributed by atoms with Gasteiger partial charge < -0.3 is 10.8 Å². The van der Waals surface area contributed by atoms with Gasteiger partial charge in [0.15, 0.2) is 0 Å². The summed E-state index contributed by atoms with van der Waals surface area (Å²) in [6.45, 7) is 0.679. The highest BCUT2D eigenvalue weighted by Gasteiger charge is 1.88. The molecule has 0 saturated heterocycles. The van der Waals surface area contributed by atoms with Gasteiger partial charge in [-0.25, -0.2) is 0 Å². The molecule has 1 aromatic carbocycles. The van der Waals surface area contributed by atoms with E-state index in [1.807, 2.05) is 24.3 Å². The summed E-state index contributed by atoms with van der Waals surface area (Å²) < 4.78 is 0. The third-order valence-electron chi connectivity index (χ3n) is 1.64. The molecule has 0 amide bonds. The summed E-state index contributed by atoms with van der Waals surface area (Å²) in [7, 11) is 0. The number of aliphatic hydroxyl groups is 1. The molecule has 3 N–H and O–H groups in total. The second-order valence-electron chi connectivity index (χ2n) is 2.70. The van der Waals surface area contributed by atoms with Crippen LogP contribution < -0.4 is 5.73 Å². The fraction of sp³-hybridized carbons (Fsp3) is 0.273. The van der Waals surface area contributed by atoms with Crippen molar-refractivity contribution in [1.82, 2.24) is 0 Å². The van der Waals surface area contributed by atoms with Crippen LogP contribution in [0, 0.1) is 11.8 Å². The van der Waals surface area contributed by atoms with Gasteiger partial charge >= 0.3 is 0 Å². The van der Waals surface area contributed by atoms with Crippen LogP contribution in [0.2, 0.25) is 0 Å². The van der Waals surface area contributed by atoms with E-state index < -0.39 is 0 Å². The van der Waals surface area contributed by atoms with E-state index in [0.29, 0.717) is 6.54 Å². The molecule has 1 aromatic rings. The van der Waals surface area contributed by atoms with Crippen LogP contribution in [0.1, 0.15) is 17.5 Å². The van der Waals surface area contributed by atoms with Crippen molar-refractivity contribution < 1.29 is 5.11 Å². The molecule has 0 fully saturated rings. The Kier molecular flexibility index (Phi) is 4.04. The summed E-state index contributed by atoms with van der Waals surface area (Å²) in [6, 6.07) is 7.53. The summed E-state index contributed by atoms with van der Waals surface area (Å²) in [4.78, 5) is 0. The topological polar surface area (TPSA) is 46.2 Å². The van der Waals surface area contributed by atoms with Crippen molar-refractivity contribution in [3.05, 3.63) is 35.4 Å². The maximum Gasteiger partial charge on any atom is 0.0681 e. The second kappa shape index (κ2) is 5.36. The Bertz CT molecular complexity index is 305. The maximum absolute atomic E-state index is 8.79. The van der Waals surface area contributed by atoms with E-state index in [4.69, 9.17) is 10.8 Å². The summed E-state index contributed by atoms with van der Waals surface area (Å²) in [6.07, 6.45) is 0.724. The summed E-state index contributed by atoms with van der Waals surface area (Å²) >= 11 is 0. The monoisotopic (exact) mass is 175 g/mol. The lowest BCUT2D eigenvalue weighted by Crippen LogP contribution is -1.95. The van der Waals surface area contributed by atoms with E-state index in [-0.39, 0.29) is 6.61 Å². The first-order valence-electron chi connectivity index (χ1n) is 4.25. The number of hydrogen-bond donors (Lipinski definition) is 2. The molecule has 2 nitrogen and oxygen atoms in total. The van der Waals surface area contributed by atoms with Gasteiger partial charge in [0, 0.05) is 18.5 Å². The van der Waals surface area contributed by atoms with E-state index >= 15 is 0 Å². The molecule has 0 radical (unpaired) electrons. The molecule has 0 aliphatic carbocycles. The summed E-state index contributed by atoms with van der Waals surface area (Å²) in [5.41, 5.74) is 7.17. The fourth-order valence-electron chi connectivity index (χ4n) is 0.930. The average molecular weight is 175 g/mol. The number of rotatable bonds is 2. The van der Waals surface area contributed by atoms with Gasteiger partial charge in [-0.15, -0.1) is 0 Å². The molecule has 0 bridgehead atoms. The van der Waals surface area contributed by atoms with Crippen molar-refractivity contribution in [2.45, 2.75) is 13.0 Å². The van der Waals surface area contributed by atoms with E-state index in [9.17, 15) is 0 Å².